The molecule has 0 spiro atoms. The molecule has 1 aromatic rings. The van der Waals surface area contributed by atoms with Gasteiger partial charge in [-0.05, 0) is 20.8 Å². The van der Waals surface area contributed by atoms with Gasteiger partial charge >= 0.3 is 6.01 Å². The van der Waals surface area contributed by atoms with E-state index in [1.54, 1.807) is 0 Å². The lowest BCUT2D eigenvalue weighted by Gasteiger charge is -2.17. The SMILES string of the molecule is CCOCCN(C)c1nc(N)nc(OC(C)C)n1. The summed E-state index contributed by atoms with van der Waals surface area (Å²) in [5, 5.41) is 0. The minimum atomic E-state index is -0.00613. The van der Waals surface area contributed by atoms with Crippen LogP contribution in [0.25, 0.3) is 0 Å². The van der Waals surface area contributed by atoms with Crippen LogP contribution in [-0.2, 0) is 4.74 Å². The van der Waals surface area contributed by atoms with E-state index in [4.69, 9.17) is 15.2 Å². The lowest BCUT2D eigenvalue weighted by Crippen LogP contribution is -2.25. The summed E-state index contributed by atoms with van der Waals surface area (Å²) in [4.78, 5) is 14.0. The quantitative estimate of drug-likeness (QED) is 0.718. The Hall–Kier alpha value is -1.63. The van der Waals surface area contributed by atoms with Crippen molar-refractivity contribution < 1.29 is 9.47 Å². The molecule has 0 saturated heterocycles. The first kappa shape index (κ1) is 14.4. The van der Waals surface area contributed by atoms with Crippen molar-refractivity contribution in [3.05, 3.63) is 0 Å². The van der Waals surface area contributed by atoms with E-state index in [1.165, 1.54) is 0 Å². The summed E-state index contributed by atoms with van der Waals surface area (Å²) < 4.78 is 10.7. The first-order chi connectivity index (χ1) is 8.52. The molecule has 1 aromatic heterocycles. The van der Waals surface area contributed by atoms with Gasteiger partial charge in [0, 0.05) is 20.2 Å². The average molecular weight is 255 g/mol. The summed E-state index contributed by atoms with van der Waals surface area (Å²) in [6, 6.07) is 0.246. The fraction of sp³-hybridized carbons (Fsp3) is 0.727. The fourth-order valence-corrected chi connectivity index (χ4v) is 1.24. The summed E-state index contributed by atoms with van der Waals surface area (Å²) in [7, 11) is 1.87. The zero-order valence-electron chi connectivity index (χ0n) is 11.4. The number of hydrogen-bond donors (Lipinski definition) is 1. The molecule has 0 radical (unpaired) electrons. The molecule has 0 aliphatic rings. The second-order valence-electron chi connectivity index (χ2n) is 4.06. The Bertz CT molecular complexity index is 372. The van der Waals surface area contributed by atoms with E-state index in [-0.39, 0.29) is 18.1 Å². The van der Waals surface area contributed by atoms with Crippen molar-refractivity contribution >= 4 is 11.9 Å². The second kappa shape index (κ2) is 6.95. The molecule has 7 nitrogen and oxygen atoms in total. The van der Waals surface area contributed by atoms with Crippen LogP contribution in [0.15, 0.2) is 0 Å². The minimum absolute atomic E-state index is 0.00613. The van der Waals surface area contributed by atoms with Crippen LogP contribution in [0.5, 0.6) is 6.01 Å². The predicted molar refractivity (Wildman–Crippen MR) is 69.8 cm³/mol. The van der Waals surface area contributed by atoms with Crippen LogP contribution in [0.2, 0.25) is 0 Å². The summed E-state index contributed by atoms with van der Waals surface area (Å²) in [5.41, 5.74) is 5.63. The van der Waals surface area contributed by atoms with E-state index in [9.17, 15) is 0 Å². The smallest absolute Gasteiger partial charge is 0.323 e. The monoisotopic (exact) mass is 255 g/mol. The third-order valence-electron chi connectivity index (χ3n) is 2.08. The van der Waals surface area contributed by atoms with Gasteiger partial charge < -0.3 is 20.1 Å². The summed E-state index contributed by atoms with van der Waals surface area (Å²) in [6.07, 6.45) is -0.00613. The van der Waals surface area contributed by atoms with Crippen molar-refractivity contribution in [2.24, 2.45) is 0 Å². The molecule has 1 rings (SSSR count). The first-order valence-electron chi connectivity index (χ1n) is 6.00. The van der Waals surface area contributed by atoms with Gasteiger partial charge in [-0.3, -0.25) is 0 Å². The number of nitrogens with zero attached hydrogens (tertiary/aromatic N) is 4. The van der Waals surface area contributed by atoms with E-state index in [2.05, 4.69) is 15.0 Å². The van der Waals surface area contributed by atoms with Gasteiger partial charge in [-0.1, -0.05) is 0 Å². The molecule has 7 heteroatoms. The molecule has 0 aliphatic heterocycles. The van der Waals surface area contributed by atoms with Crippen molar-refractivity contribution in [3.63, 3.8) is 0 Å². The molecule has 0 fully saturated rings. The van der Waals surface area contributed by atoms with Crippen LogP contribution in [0.1, 0.15) is 20.8 Å². The molecule has 0 amide bonds. The number of rotatable bonds is 7. The molecule has 18 heavy (non-hydrogen) atoms. The highest BCUT2D eigenvalue weighted by Crippen LogP contribution is 2.13. The summed E-state index contributed by atoms with van der Waals surface area (Å²) >= 11 is 0. The molecule has 1 heterocycles. The van der Waals surface area contributed by atoms with Crippen LogP contribution in [0.3, 0.4) is 0 Å². The van der Waals surface area contributed by atoms with Crippen LogP contribution in [0, 0.1) is 0 Å². The molecule has 0 bridgehead atoms. The third kappa shape index (κ3) is 4.70. The summed E-state index contributed by atoms with van der Waals surface area (Å²) in [5.74, 6) is 0.636. The molecule has 0 atom stereocenters. The van der Waals surface area contributed by atoms with Gasteiger partial charge in [-0.25, -0.2) is 0 Å². The number of ether oxygens (including phenoxy) is 2. The van der Waals surface area contributed by atoms with Gasteiger partial charge in [0.2, 0.25) is 11.9 Å². The highest BCUT2D eigenvalue weighted by atomic mass is 16.5. The van der Waals surface area contributed by atoms with Crippen molar-refractivity contribution in [2.75, 3.05) is 37.4 Å². The lowest BCUT2D eigenvalue weighted by atomic mass is 10.5. The minimum Gasteiger partial charge on any atom is -0.461 e. The Balaban J connectivity index is 2.71. The zero-order valence-corrected chi connectivity index (χ0v) is 11.4. The van der Waals surface area contributed by atoms with Crippen LogP contribution >= 0.6 is 0 Å². The highest BCUT2D eigenvalue weighted by molar-refractivity contribution is 5.34. The maximum absolute atomic E-state index is 5.63. The van der Waals surface area contributed by atoms with Gasteiger partial charge in [0.1, 0.15) is 0 Å². The Morgan fingerprint density at radius 3 is 2.61 bits per heavy atom. The van der Waals surface area contributed by atoms with E-state index < -0.39 is 0 Å². The number of aromatic nitrogens is 3. The van der Waals surface area contributed by atoms with Crippen LogP contribution in [-0.4, -0.2) is 47.9 Å². The standard InChI is InChI=1S/C11H21N5O2/c1-5-17-7-6-16(4)10-13-9(12)14-11(15-10)18-8(2)3/h8H,5-7H2,1-4H3,(H2,12,13,14,15). The number of nitrogen functional groups attached to an aromatic ring is 1. The van der Waals surface area contributed by atoms with Crippen molar-refractivity contribution in [3.8, 4) is 6.01 Å². The molecule has 0 saturated carbocycles. The largest absolute Gasteiger partial charge is 0.461 e. The molecule has 0 aliphatic carbocycles. The maximum Gasteiger partial charge on any atom is 0.323 e. The summed E-state index contributed by atoms with van der Waals surface area (Å²) in [6.45, 7) is 7.73. The first-order valence-corrected chi connectivity index (χ1v) is 6.00. The van der Waals surface area contributed by atoms with E-state index in [0.29, 0.717) is 25.7 Å². The van der Waals surface area contributed by atoms with Gasteiger partial charge in [0.25, 0.3) is 0 Å². The van der Waals surface area contributed by atoms with E-state index >= 15 is 0 Å². The number of likely N-dealkylation sites (N-methyl/N-ethyl adjacent to an activating group) is 1. The number of anilines is 2. The molecule has 0 aromatic carbocycles. The van der Waals surface area contributed by atoms with Gasteiger partial charge in [0.05, 0.1) is 12.7 Å². The Morgan fingerprint density at radius 2 is 2.00 bits per heavy atom. The molecule has 0 unspecified atom stereocenters. The van der Waals surface area contributed by atoms with Gasteiger partial charge in [-0.15, -0.1) is 0 Å². The number of nitrogens with two attached hydrogens (primary N) is 1. The van der Waals surface area contributed by atoms with Crippen molar-refractivity contribution in [1.29, 1.82) is 0 Å². The third-order valence-corrected chi connectivity index (χ3v) is 2.08. The molecular weight excluding hydrogens is 234 g/mol. The highest BCUT2D eigenvalue weighted by Gasteiger charge is 2.10. The molecule has 102 valence electrons. The Labute approximate surface area is 107 Å². The topological polar surface area (TPSA) is 86.4 Å². The normalized spacial score (nSPS) is 10.7. The van der Waals surface area contributed by atoms with Crippen LogP contribution in [0.4, 0.5) is 11.9 Å². The Morgan fingerprint density at radius 1 is 1.28 bits per heavy atom. The van der Waals surface area contributed by atoms with Crippen LogP contribution < -0.4 is 15.4 Å². The van der Waals surface area contributed by atoms with E-state index in [1.807, 2.05) is 32.7 Å². The van der Waals surface area contributed by atoms with E-state index in [0.717, 1.165) is 0 Å². The zero-order chi connectivity index (χ0) is 13.5. The van der Waals surface area contributed by atoms with Crippen molar-refractivity contribution in [1.82, 2.24) is 15.0 Å². The average Bonchev–Trinajstić information content (AvgIpc) is 2.27. The number of hydrogen-bond acceptors (Lipinski definition) is 7. The predicted octanol–water partition coefficient (Wildman–Crippen LogP) is 0.714. The maximum atomic E-state index is 5.63. The van der Waals surface area contributed by atoms with Gasteiger partial charge in [0.15, 0.2) is 0 Å². The van der Waals surface area contributed by atoms with Crippen molar-refractivity contribution in [2.45, 2.75) is 26.9 Å². The van der Waals surface area contributed by atoms with Gasteiger partial charge in [-0.2, -0.15) is 15.0 Å². The fourth-order valence-electron chi connectivity index (χ4n) is 1.24. The molecular formula is C11H21N5O2. The Kier molecular flexibility index (Phi) is 5.57. The lowest BCUT2D eigenvalue weighted by molar-refractivity contribution is 0.154. The second-order valence-corrected chi connectivity index (χ2v) is 4.06. The molecule has 2 N–H and O–H groups in total.